The van der Waals surface area contributed by atoms with E-state index in [-0.39, 0.29) is 18.8 Å². The molecule has 4 aliphatic heterocycles. The number of esters is 1. The van der Waals surface area contributed by atoms with Crippen molar-refractivity contribution in [2.45, 2.75) is 235 Å². The molecule has 9 rings (SSSR count). The minimum absolute atomic E-state index is 0.128. The van der Waals surface area contributed by atoms with Gasteiger partial charge in [-0.25, -0.2) is 9.59 Å². The summed E-state index contributed by atoms with van der Waals surface area (Å²) in [6.45, 7) is 12.7. The Morgan fingerprint density at radius 1 is 0.687 bits per heavy atom. The van der Waals surface area contributed by atoms with Crippen molar-refractivity contribution < 1.29 is 129 Å². The zero-order valence-corrected chi connectivity index (χ0v) is 48.1. The largest absolute Gasteiger partial charge is 0.479 e. The second kappa shape index (κ2) is 23.6. The Labute approximate surface area is 480 Å². The monoisotopic (exact) mass is 1190 g/mol. The lowest BCUT2D eigenvalue weighted by Crippen LogP contribution is -2.72. The maximum Gasteiger partial charge on any atom is 0.335 e. The van der Waals surface area contributed by atoms with Gasteiger partial charge in [0, 0.05) is 11.0 Å². The number of aliphatic carboxylic acids is 1. The van der Waals surface area contributed by atoms with Crippen LogP contribution in [0.1, 0.15) is 100 Å². The number of carboxylic acids is 1. The molecule has 0 bridgehead atoms. The van der Waals surface area contributed by atoms with Crippen LogP contribution in [0, 0.1) is 50.2 Å². The van der Waals surface area contributed by atoms with Crippen LogP contribution in [0.25, 0.3) is 0 Å². The van der Waals surface area contributed by atoms with E-state index in [4.69, 9.17) is 42.6 Å². The maximum absolute atomic E-state index is 14.1. The zero-order chi connectivity index (χ0) is 61.0. The third kappa shape index (κ3) is 10.4. The SMILES string of the molecule is C/C=C(/C)C(=O)O[C@H]1[C@H](O)[C@]2(CO)[C@H](O)C[C@]3(C)C(=CC[C@@H]4[C@@]5(C)CC[C@H](O[C@@H]6O[C@H](C(=O)O)[C@@H](O)[C@H](O[C@@H]7OC[C@H](O)[C@H](O)[C@@H]7O[C@@H]7OC[C@@H](O)[C@H](O)[C@H]7O)[C@H]6O[C@@H]6O[C@H](CO)[C@H](O)[C@H](O)[C@H]6O)[C@@](C)(C=O)[C@@H]5CC[C@]43C)[C@@H]2CC1(C)C. The number of rotatable bonds is 14. The summed E-state index contributed by atoms with van der Waals surface area (Å²) in [6, 6.07) is 0. The summed E-state index contributed by atoms with van der Waals surface area (Å²) in [7, 11) is 0. The average Bonchev–Trinajstić information content (AvgIpc) is 0.730. The minimum atomic E-state index is -2.27. The van der Waals surface area contributed by atoms with Gasteiger partial charge in [-0.1, -0.05) is 59.3 Å². The molecule has 0 aromatic rings. The Bertz CT molecular complexity index is 2420. The predicted octanol–water partition coefficient (Wildman–Crippen LogP) is -2.58. The van der Waals surface area contributed by atoms with Crippen LogP contribution in [-0.4, -0.2) is 251 Å². The van der Waals surface area contributed by atoms with Crippen LogP contribution in [0.5, 0.6) is 0 Å². The highest BCUT2D eigenvalue weighted by Gasteiger charge is 2.73. The molecule has 4 saturated carbocycles. The normalized spacial score (nSPS) is 52.6. The predicted molar refractivity (Wildman–Crippen MR) is 279 cm³/mol. The number of hydrogen-bond acceptors (Lipinski definition) is 25. The van der Waals surface area contributed by atoms with Crippen LogP contribution in [0.3, 0.4) is 0 Å². The molecular formula is C57H88O26. The molecule has 5 aliphatic carbocycles. The fourth-order valence-corrected chi connectivity index (χ4v) is 16.7. The number of carbonyl (C=O) groups is 3. The third-order valence-corrected chi connectivity index (χ3v) is 21.9. The van der Waals surface area contributed by atoms with Crippen LogP contribution in [-0.2, 0) is 57.0 Å². The van der Waals surface area contributed by atoms with Gasteiger partial charge in [0.1, 0.15) is 97.8 Å². The average molecular weight is 1190 g/mol. The summed E-state index contributed by atoms with van der Waals surface area (Å²) in [4.78, 5) is 40.4. The smallest absolute Gasteiger partial charge is 0.335 e. The van der Waals surface area contributed by atoms with E-state index < -0.39 is 218 Å². The van der Waals surface area contributed by atoms with Gasteiger partial charge in [-0.15, -0.1) is 0 Å². The zero-order valence-electron chi connectivity index (χ0n) is 48.1. The van der Waals surface area contributed by atoms with Crippen LogP contribution in [0.15, 0.2) is 23.3 Å². The van der Waals surface area contributed by atoms with Gasteiger partial charge in [0.25, 0.3) is 0 Å². The first-order valence-electron chi connectivity index (χ1n) is 29.0. The summed E-state index contributed by atoms with van der Waals surface area (Å²) in [5.74, 6) is -3.45. The number of fused-ring (bicyclic) bond motifs is 7. The molecule has 0 spiro atoms. The van der Waals surface area contributed by atoms with E-state index >= 15 is 0 Å². The highest BCUT2D eigenvalue weighted by atomic mass is 16.8. The number of carboxylic acid groups (broad SMARTS) is 1. The molecule has 4 heterocycles. The molecule has 0 amide bonds. The molecule has 0 aromatic heterocycles. The molecule has 0 aromatic carbocycles. The molecule has 0 unspecified atom stereocenters. The van der Waals surface area contributed by atoms with E-state index in [2.05, 4.69) is 26.8 Å². The quantitative estimate of drug-likeness (QED) is 0.0279. The van der Waals surface area contributed by atoms with E-state index in [1.165, 1.54) is 0 Å². The maximum atomic E-state index is 14.1. The van der Waals surface area contributed by atoms with E-state index in [0.717, 1.165) is 11.9 Å². The van der Waals surface area contributed by atoms with Gasteiger partial charge in [0.2, 0.25) is 0 Å². The number of ether oxygens (including phenoxy) is 9. The Morgan fingerprint density at radius 3 is 1.94 bits per heavy atom. The number of aliphatic hydroxyl groups is 13. The van der Waals surface area contributed by atoms with Crippen molar-refractivity contribution in [2.24, 2.45) is 50.2 Å². The topological polar surface area (TPSA) is 418 Å². The summed E-state index contributed by atoms with van der Waals surface area (Å²) in [6.07, 6.45) is -32.2. The van der Waals surface area contributed by atoms with Gasteiger partial charge in [0.05, 0.1) is 49.5 Å². The van der Waals surface area contributed by atoms with Crippen molar-refractivity contribution in [2.75, 3.05) is 26.4 Å². The Morgan fingerprint density at radius 2 is 1.31 bits per heavy atom. The van der Waals surface area contributed by atoms with Crippen molar-refractivity contribution in [3.63, 3.8) is 0 Å². The molecule has 30 atom stereocenters. The van der Waals surface area contributed by atoms with Crippen molar-refractivity contribution in [1.29, 1.82) is 0 Å². The van der Waals surface area contributed by atoms with Crippen molar-refractivity contribution in [3.8, 4) is 0 Å². The van der Waals surface area contributed by atoms with E-state index in [0.29, 0.717) is 37.7 Å². The molecule has 4 saturated heterocycles. The lowest BCUT2D eigenvalue weighted by Gasteiger charge is -2.72. The summed E-state index contributed by atoms with van der Waals surface area (Å²) in [5.41, 5.74) is -4.21. The van der Waals surface area contributed by atoms with Crippen LogP contribution in [0.2, 0.25) is 0 Å². The summed E-state index contributed by atoms with van der Waals surface area (Å²) >= 11 is 0. The third-order valence-electron chi connectivity index (χ3n) is 21.9. The fraction of sp³-hybridized carbons (Fsp3) is 0.877. The first-order chi connectivity index (χ1) is 38.9. The highest BCUT2D eigenvalue weighted by Crippen LogP contribution is 2.76. The lowest BCUT2D eigenvalue weighted by atomic mass is 9.33. The van der Waals surface area contributed by atoms with E-state index in [1.54, 1.807) is 26.8 Å². The van der Waals surface area contributed by atoms with Gasteiger partial charge in [-0.05, 0) is 92.8 Å². The summed E-state index contributed by atoms with van der Waals surface area (Å²) < 4.78 is 54.1. The Balaban J connectivity index is 1.04. The fourth-order valence-electron chi connectivity index (χ4n) is 16.7. The molecule has 8 fully saturated rings. The second-order valence-electron chi connectivity index (χ2n) is 26.7. The number of aldehydes is 1. The number of carbonyl (C=O) groups excluding carboxylic acids is 2. The lowest BCUT2D eigenvalue weighted by molar-refractivity contribution is -0.398. The van der Waals surface area contributed by atoms with Crippen LogP contribution >= 0.6 is 0 Å². The first kappa shape index (κ1) is 64.7. The van der Waals surface area contributed by atoms with E-state index in [9.17, 15) is 85.9 Å². The second-order valence-corrected chi connectivity index (χ2v) is 26.7. The van der Waals surface area contributed by atoms with Crippen molar-refractivity contribution in [3.05, 3.63) is 23.3 Å². The van der Waals surface area contributed by atoms with Crippen LogP contribution in [0.4, 0.5) is 0 Å². The molecule has 26 nitrogen and oxygen atoms in total. The number of allylic oxidation sites excluding steroid dienone is 3. The van der Waals surface area contributed by atoms with Gasteiger partial charge in [-0.2, -0.15) is 0 Å². The molecule has 26 heteroatoms. The molecule has 83 heavy (non-hydrogen) atoms. The molecule has 9 aliphatic rings. The van der Waals surface area contributed by atoms with Crippen LogP contribution < -0.4 is 0 Å². The number of aliphatic hydroxyl groups excluding tert-OH is 13. The molecular weight excluding hydrogens is 1100 g/mol. The molecule has 14 N–H and O–H groups in total. The molecule has 0 radical (unpaired) electrons. The van der Waals surface area contributed by atoms with Gasteiger partial charge >= 0.3 is 11.9 Å². The van der Waals surface area contributed by atoms with Crippen molar-refractivity contribution >= 4 is 18.2 Å². The first-order valence-corrected chi connectivity index (χ1v) is 29.0. The Kier molecular flexibility index (Phi) is 18.4. The van der Waals surface area contributed by atoms with Gasteiger partial charge in [-0.3, -0.25) is 0 Å². The van der Waals surface area contributed by atoms with Gasteiger partial charge < -0.3 is 119 Å². The minimum Gasteiger partial charge on any atom is -0.479 e. The van der Waals surface area contributed by atoms with Crippen molar-refractivity contribution in [1.82, 2.24) is 0 Å². The van der Waals surface area contributed by atoms with Gasteiger partial charge in [0.15, 0.2) is 31.3 Å². The Hall–Kier alpha value is -2.75. The standard InChI is InChI=1S/C57H88O26/c1-9-23(2)47(74)83-45-44(71)57(22-60)25(16-52(45,3)4)24-10-11-30-53(5)14-13-32(54(6,21-59)29(53)12-15-55(30,7)56(24,8)17-31(57)63)78-51-43(82-49-38(69)36(67)35(66)28(18-58)77-49)40(39(70)41(80-51)46(72)73)79-50-42(34(65)27(62)20-76-50)81-48-37(68)33(64)26(61)19-75-48/h9-10,21,25-45,48-51,58,60-71H,11-20,22H2,1-8H3,(H,72,73)/b23-9-/t25-,26+,27-,28+,29+,30+,31+,32-,33-,34-,35-,36-,37+,38+,39-,40-,41-,42-,43+,44-,45-,48-,49-,50-,51+,53-,54-,55+,56+,57-/m0/s1. The highest BCUT2D eigenvalue weighted by molar-refractivity contribution is 5.87. The van der Waals surface area contributed by atoms with E-state index in [1.807, 2.05) is 13.8 Å². The number of hydrogen-bond donors (Lipinski definition) is 14. The summed E-state index contributed by atoms with van der Waals surface area (Å²) in [5, 5.41) is 155. The molecule has 472 valence electrons.